The van der Waals surface area contributed by atoms with Crippen LogP contribution in [-0.2, 0) is 25.8 Å². The largest absolute Gasteiger partial charge is 0.748 e. The first-order chi connectivity index (χ1) is 19.8. The molecule has 2 saturated carbocycles. The third-order valence-electron chi connectivity index (χ3n) is 8.06. The maximum atomic E-state index is 11.8. The third-order valence-corrected chi connectivity index (χ3v) is 14.6. The van der Waals surface area contributed by atoms with Crippen LogP contribution in [0.15, 0.2) is 51.1 Å². The molecule has 0 aliphatic heterocycles. The molecule has 5 rings (SSSR count). The Labute approximate surface area is 298 Å². The van der Waals surface area contributed by atoms with Crippen molar-refractivity contribution < 1.29 is 17.8 Å². The van der Waals surface area contributed by atoms with Crippen molar-refractivity contribution in [3.63, 3.8) is 0 Å². The summed E-state index contributed by atoms with van der Waals surface area (Å²) in [6, 6.07) is 9.42. The normalized spacial score (nSPS) is 20.9. The van der Waals surface area contributed by atoms with Gasteiger partial charge in [-0.3, -0.25) is 4.79 Å². The number of carbonyl (C=O) groups is 1. The molecule has 0 saturated heterocycles. The van der Waals surface area contributed by atoms with Gasteiger partial charge in [-0.25, -0.2) is 8.42 Å². The van der Waals surface area contributed by atoms with Gasteiger partial charge in [-0.2, -0.15) is 0 Å². The molecule has 3 aromatic rings. The van der Waals surface area contributed by atoms with E-state index in [1.165, 1.54) is 0 Å². The average molecular weight is 805 g/mol. The summed E-state index contributed by atoms with van der Waals surface area (Å²) >= 11 is 57.3. The van der Waals surface area contributed by atoms with Crippen LogP contribution in [-0.4, -0.2) is 24.5 Å². The van der Waals surface area contributed by atoms with Crippen LogP contribution in [0.2, 0.25) is 45.2 Å². The molecule has 2 fully saturated rings. The first kappa shape index (κ1) is 36.0. The van der Waals surface area contributed by atoms with Crippen LogP contribution < -0.4 is 0 Å². The van der Waals surface area contributed by atoms with Crippen molar-refractivity contribution in [3.8, 4) is 0 Å². The van der Waals surface area contributed by atoms with Gasteiger partial charge in [0, 0.05) is 26.9 Å². The van der Waals surface area contributed by atoms with Crippen LogP contribution in [0.1, 0.15) is 33.1 Å². The van der Waals surface area contributed by atoms with E-state index in [0.29, 0.717) is 72.7 Å². The molecule has 232 valence electrons. The van der Waals surface area contributed by atoms with Crippen LogP contribution in [0.4, 0.5) is 0 Å². The van der Waals surface area contributed by atoms with Gasteiger partial charge in [-0.1, -0.05) is 118 Å². The fourth-order valence-electron chi connectivity index (χ4n) is 5.89. The molecule has 0 N–H and O–H groups in total. The van der Waals surface area contributed by atoms with E-state index in [1.807, 2.05) is 13.8 Å². The number of halogens is 9. The number of ketones is 1. The molecule has 3 aromatic carbocycles. The lowest BCUT2D eigenvalue weighted by Crippen LogP contribution is -2.42. The lowest BCUT2D eigenvalue weighted by Gasteiger charge is -2.37. The second-order valence-corrected chi connectivity index (χ2v) is 17.8. The van der Waals surface area contributed by atoms with Crippen molar-refractivity contribution in [1.29, 1.82) is 0 Å². The van der Waals surface area contributed by atoms with E-state index < -0.39 is 32.2 Å². The fraction of sp³-hybridized carbons (Fsp3) is 0.321. The number of hydrogen-bond acceptors (Lipinski definition) is 4. The summed E-state index contributed by atoms with van der Waals surface area (Å²) in [4.78, 5) is 13.4. The predicted octanol–water partition coefficient (Wildman–Crippen LogP) is 11.6. The number of benzene rings is 3. The Bertz CT molecular complexity index is 1520. The van der Waals surface area contributed by atoms with Gasteiger partial charge in [-0.15, -0.1) is 0 Å². The van der Waals surface area contributed by atoms with E-state index in [1.54, 1.807) is 36.4 Å². The smallest absolute Gasteiger partial charge is 0.203 e. The highest BCUT2D eigenvalue weighted by atomic mass is 35.5. The first-order valence-corrected chi connectivity index (χ1v) is 18.6. The van der Waals surface area contributed by atoms with Crippen LogP contribution in [0.5, 0.6) is 0 Å². The molecular weight excluding hydrogens is 784 g/mol. The molecule has 2 unspecified atom stereocenters. The van der Waals surface area contributed by atoms with Crippen molar-refractivity contribution >= 4 is 131 Å². The molecule has 2 aliphatic carbocycles. The zero-order chi connectivity index (χ0) is 32.2. The quantitative estimate of drug-likeness (QED) is 0.190. The zero-order valence-electron chi connectivity index (χ0n) is 22.2. The maximum Gasteiger partial charge on any atom is 0.203 e. The topological polar surface area (TPSA) is 74.3 Å². The Hall–Kier alpha value is 0.200. The van der Waals surface area contributed by atoms with Gasteiger partial charge in [0.2, 0.25) is 14.7 Å². The van der Waals surface area contributed by atoms with E-state index in [-0.39, 0.29) is 17.1 Å². The maximum absolute atomic E-state index is 11.8. The van der Waals surface area contributed by atoms with E-state index in [4.69, 9.17) is 104 Å². The van der Waals surface area contributed by atoms with E-state index >= 15 is 0 Å². The Morgan fingerprint density at radius 3 is 1.28 bits per heavy atom. The summed E-state index contributed by atoms with van der Waals surface area (Å²) in [5.41, 5.74) is -1.22. The van der Waals surface area contributed by atoms with Crippen molar-refractivity contribution in [2.75, 3.05) is 5.75 Å². The van der Waals surface area contributed by atoms with Crippen LogP contribution in [0.3, 0.4) is 0 Å². The average Bonchev–Trinajstić information content (AvgIpc) is 3.15. The highest BCUT2D eigenvalue weighted by Crippen LogP contribution is 2.64. The van der Waals surface area contributed by atoms with Crippen molar-refractivity contribution in [1.82, 2.24) is 0 Å². The minimum absolute atomic E-state index is 0.0248. The summed E-state index contributed by atoms with van der Waals surface area (Å²) in [5.74, 6) is -0.280. The van der Waals surface area contributed by atoms with Crippen molar-refractivity contribution in [3.05, 3.63) is 81.6 Å². The number of carbonyl (C=O) groups excluding carboxylic acids is 1. The van der Waals surface area contributed by atoms with Crippen LogP contribution >= 0.6 is 104 Å². The number of rotatable bonds is 5. The van der Waals surface area contributed by atoms with Crippen LogP contribution in [0.25, 0.3) is 0 Å². The molecule has 43 heavy (non-hydrogen) atoms. The number of fused-ring (bicyclic) bond motifs is 2. The molecule has 4 nitrogen and oxygen atoms in total. The highest BCUT2D eigenvalue weighted by molar-refractivity contribution is 7.97. The second kappa shape index (κ2) is 13.4. The molecule has 0 spiro atoms. The van der Waals surface area contributed by atoms with Gasteiger partial charge >= 0.3 is 0 Å². The summed E-state index contributed by atoms with van der Waals surface area (Å²) in [7, 11) is -5.40. The lowest BCUT2D eigenvalue weighted by atomic mass is 9.70. The Balaban J connectivity index is 0.000000237. The van der Waals surface area contributed by atoms with E-state index in [0.717, 1.165) is 6.42 Å². The third kappa shape index (κ3) is 7.22. The molecule has 2 bridgehead atoms. The summed E-state index contributed by atoms with van der Waals surface area (Å²) < 4.78 is 32.7. The van der Waals surface area contributed by atoms with Gasteiger partial charge in [0.15, 0.2) is 0 Å². The standard InChI is InChI=1S/C18H6Cl9S.C10H16O4S/c19-7-1-10(22)16(11(23)2-7)28(17-12(24)3-8(20)4-13(17)25)18-14(26)5-9(21)6-15(18)27;1-9(2)7-3-4-10(9,8(11)5-7)6-15(12,13)14/h1-6H;7H,3-6H2,1-2H3,(H,12,13,14)/q+1;/p-1. The Morgan fingerprint density at radius 1 is 0.721 bits per heavy atom. The second-order valence-electron chi connectivity index (χ2n) is 10.8. The van der Waals surface area contributed by atoms with Crippen molar-refractivity contribution in [2.45, 2.75) is 47.8 Å². The van der Waals surface area contributed by atoms with Gasteiger partial charge in [0.25, 0.3) is 0 Å². The Kier molecular flexibility index (Phi) is 11.2. The molecule has 0 radical (unpaired) electrons. The minimum Gasteiger partial charge on any atom is -0.748 e. The van der Waals surface area contributed by atoms with Gasteiger partial charge < -0.3 is 4.55 Å². The molecule has 0 heterocycles. The van der Waals surface area contributed by atoms with Gasteiger partial charge in [0.05, 0.1) is 46.0 Å². The zero-order valence-corrected chi connectivity index (χ0v) is 30.7. The summed E-state index contributed by atoms with van der Waals surface area (Å²) in [6.45, 7) is 3.83. The predicted molar refractivity (Wildman–Crippen MR) is 180 cm³/mol. The fourth-order valence-corrected chi connectivity index (χ4v) is 13.1. The summed E-state index contributed by atoms with van der Waals surface area (Å²) in [6.07, 6.45) is 1.88. The van der Waals surface area contributed by atoms with E-state index in [2.05, 4.69) is 0 Å². The Morgan fingerprint density at radius 2 is 1.05 bits per heavy atom. The van der Waals surface area contributed by atoms with E-state index in [9.17, 15) is 17.8 Å². The SMILES string of the molecule is CC1(C)C2CCC1(CS(=O)(=O)[O-])C(=O)C2.Clc1cc(Cl)c([S+](c2c(Cl)cc(Cl)cc2Cl)c2c(Cl)cc(Cl)cc2Cl)c(Cl)c1. The monoisotopic (exact) mass is 800 g/mol. The van der Waals surface area contributed by atoms with Gasteiger partial charge in [0.1, 0.15) is 16.7 Å². The number of hydrogen-bond donors (Lipinski definition) is 0. The highest BCUT2D eigenvalue weighted by Gasteiger charge is 2.64. The number of Topliss-reactive ketones (excluding diaryl/α,β-unsaturated/α-hetero) is 1. The summed E-state index contributed by atoms with van der Waals surface area (Å²) in [5, 5.41) is 3.00. The molecule has 0 aromatic heterocycles. The molecule has 0 amide bonds. The molecule has 2 atom stereocenters. The van der Waals surface area contributed by atoms with Crippen LogP contribution in [0, 0.1) is 16.7 Å². The van der Waals surface area contributed by atoms with Gasteiger partial charge in [-0.05, 0) is 60.6 Å². The van der Waals surface area contributed by atoms with Crippen molar-refractivity contribution in [2.24, 2.45) is 16.7 Å². The first-order valence-electron chi connectivity index (χ1n) is 12.4. The molecular formula is C28H21Cl9O4S2. The minimum atomic E-state index is -4.33. The lowest BCUT2D eigenvalue weighted by molar-refractivity contribution is -0.128. The molecule has 15 heteroatoms. The molecule has 2 aliphatic rings.